The Morgan fingerprint density at radius 2 is 2.24 bits per heavy atom. The van der Waals surface area contributed by atoms with Gasteiger partial charge in [0.25, 0.3) is 0 Å². The normalized spacial score (nSPS) is 31.9. The molecule has 17 heavy (non-hydrogen) atoms. The summed E-state index contributed by atoms with van der Waals surface area (Å²) in [5.41, 5.74) is 0.747. The SMILES string of the molecule is CCCCC=C(C)C(=O)OC1CCC2OC2C1. The largest absolute Gasteiger partial charge is 0.459 e. The van der Waals surface area contributed by atoms with Crippen molar-refractivity contribution in [2.45, 2.75) is 70.7 Å². The maximum absolute atomic E-state index is 11.8. The smallest absolute Gasteiger partial charge is 0.333 e. The van der Waals surface area contributed by atoms with Gasteiger partial charge in [0.2, 0.25) is 0 Å². The lowest BCUT2D eigenvalue weighted by Crippen LogP contribution is -2.25. The number of rotatable bonds is 5. The van der Waals surface area contributed by atoms with Crippen LogP contribution in [0.15, 0.2) is 11.6 Å². The molecule has 0 bridgehead atoms. The van der Waals surface area contributed by atoms with E-state index in [1.165, 1.54) is 0 Å². The van der Waals surface area contributed by atoms with Crippen LogP contribution >= 0.6 is 0 Å². The number of carbonyl (C=O) groups is 1. The second kappa shape index (κ2) is 5.67. The minimum Gasteiger partial charge on any atom is -0.459 e. The molecule has 0 amide bonds. The fraction of sp³-hybridized carbons (Fsp3) is 0.786. The second-order valence-electron chi connectivity index (χ2n) is 5.08. The molecule has 2 aliphatic rings. The molecule has 3 nitrogen and oxygen atoms in total. The van der Waals surface area contributed by atoms with Crippen LogP contribution in [0.4, 0.5) is 0 Å². The number of unbranched alkanes of at least 4 members (excludes halogenated alkanes) is 2. The molecule has 0 aromatic heterocycles. The van der Waals surface area contributed by atoms with Gasteiger partial charge in [0.15, 0.2) is 0 Å². The maximum Gasteiger partial charge on any atom is 0.333 e. The summed E-state index contributed by atoms with van der Waals surface area (Å²) in [7, 11) is 0. The van der Waals surface area contributed by atoms with Crippen LogP contribution < -0.4 is 0 Å². The minimum atomic E-state index is -0.148. The average Bonchev–Trinajstić information content (AvgIpc) is 3.07. The second-order valence-corrected chi connectivity index (χ2v) is 5.08. The molecule has 0 N–H and O–H groups in total. The first-order valence-electron chi connectivity index (χ1n) is 6.74. The molecular formula is C14H22O3. The van der Waals surface area contributed by atoms with Crippen molar-refractivity contribution in [3.05, 3.63) is 11.6 Å². The summed E-state index contributed by atoms with van der Waals surface area (Å²) in [6, 6.07) is 0. The lowest BCUT2D eigenvalue weighted by atomic mass is 9.98. The monoisotopic (exact) mass is 238 g/mol. The zero-order valence-corrected chi connectivity index (χ0v) is 10.8. The topological polar surface area (TPSA) is 38.8 Å². The zero-order valence-electron chi connectivity index (χ0n) is 10.8. The van der Waals surface area contributed by atoms with Crippen LogP contribution in [0.2, 0.25) is 0 Å². The van der Waals surface area contributed by atoms with E-state index in [2.05, 4.69) is 6.92 Å². The van der Waals surface area contributed by atoms with Crippen molar-refractivity contribution in [2.24, 2.45) is 0 Å². The Morgan fingerprint density at radius 1 is 1.41 bits per heavy atom. The predicted octanol–water partition coefficient (Wildman–Crippen LogP) is 2.99. The summed E-state index contributed by atoms with van der Waals surface area (Å²) in [4.78, 5) is 11.8. The average molecular weight is 238 g/mol. The third-order valence-electron chi connectivity index (χ3n) is 3.56. The summed E-state index contributed by atoms with van der Waals surface area (Å²) < 4.78 is 10.9. The van der Waals surface area contributed by atoms with Gasteiger partial charge in [0.05, 0.1) is 12.2 Å². The third-order valence-corrected chi connectivity index (χ3v) is 3.56. The molecule has 0 radical (unpaired) electrons. The fourth-order valence-electron chi connectivity index (χ4n) is 2.32. The van der Waals surface area contributed by atoms with E-state index in [0.717, 1.165) is 44.1 Å². The van der Waals surface area contributed by atoms with Crippen molar-refractivity contribution >= 4 is 5.97 Å². The molecule has 1 aliphatic heterocycles. The Bertz CT molecular complexity index is 309. The van der Waals surface area contributed by atoms with Gasteiger partial charge in [-0.1, -0.05) is 25.8 Å². The van der Waals surface area contributed by atoms with Gasteiger partial charge in [-0.3, -0.25) is 0 Å². The van der Waals surface area contributed by atoms with E-state index in [4.69, 9.17) is 9.47 Å². The zero-order chi connectivity index (χ0) is 12.3. The van der Waals surface area contributed by atoms with Crippen LogP contribution in [0.5, 0.6) is 0 Å². The summed E-state index contributed by atoms with van der Waals surface area (Å²) in [6.45, 7) is 3.99. The molecule has 2 rings (SSSR count). The molecule has 3 unspecified atom stereocenters. The molecule has 3 atom stereocenters. The highest BCUT2D eigenvalue weighted by molar-refractivity contribution is 5.87. The van der Waals surface area contributed by atoms with Gasteiger partial charge in [-0.15, -0.1) is 0 Å². The quantitative estimate of drug-likeness (QED) is 0.320. The molecule has 0 spiro atoms. The Hall–Kier alpha value is -0.830. The van der Waals surface area contributed by atoms with E-state index < -0.39 is 0 Å². The van der Waals surface area contributed by atoms with Gasteiger partial charge in [0.1, 0.15) is 6.10 Å². The van der Waals surface area contributed by atoms with E-state index in [9.17, 15) is 4.79 Å². The van der Waals surface area contributed by atoms with Crippen molar-refractivity contribution in [3.63, 3.8) is 0 Å². The first-order chi connectivity index (χ1) is 8.20. The van der Waals surface area contributed by atoms with Crippen LogP contribution in [0.1, 0.15) is 52.4 Å². The highest BCUT2D eigenvalue weighted by atomic mass is 16.6. The number of esters is 1. The van der Waals surface area contributed by atoms with Crippen molar-refractivity contribution < 1.29 is 14.3 Å². The van der Waals surface area contributed by atoms with E-state index in [1.807, 2.05) is 13.0 Å². The number of hydrogen-bond donors (Lipinski definition) is 0. The van der Waals surface area contributed by atoms with Crippen molar-refractivity contribution in [1.29, 1.82) is 0 Å². The minimum absolute atomic E-state index is 0.0702. The molecule has 1 saturated carbocycles. The molecule has 1 heterocycles. The van der Waals surface area contributed by atoms with Gasteiger partial charge in [0, 0.05) is 12.0 Å². The number of ether oxygens (including phenoxy) is 2. The highest BCUT2D eigenvalue weighted by Crippen LogP contribution is 2.37. The number of carbonyl (C=O) groups excluding carboxylic acids is 1. The summed E-state index contributed by atoms with van der Waals surface area (Å²) in [5, 5.41) is 0. The number of epoxide rings is 1. The maximum atomic E-state index is 11.8. The lowest BCUT2D eigenvalue weighted by Gasteiger charge is -2.19. The molecule has 1 saturated heterocycles. The van der Waals surface area contributed by atoms with Crippen LogP contribution in [-0.4, -0.2) is 24.3 Å². The molecular weight excluding hydrogens is 216 g/mol. The summed E-state index contributed by atoms with van der Waals surface area (Å²) in [5.74, 6) is -0.148. The molecule has 2 fully saturated rings. The molecule has 0 aromatic rings. The van der Waals surface area contributed by atoms with Crippen molar-refractivity contribution in [2.75, 3.05) is 0 Å². The van der Waals surface area contributed by atoms with E-state index in [-0.39, 0.29) is 12.1 Å². The van der Waals surface area contributed by atoms with Gasteiger partial charge in [-0.2, -0.15) is 0 Å². The number of fused-ring (bicyclic) bond motifs is 1. The lowest BCUT2D eigenvalue weighted by molar-refractivity contribution is -0.145. The van der Waals surface area contributed by atoms with Crippen LogP contribution in [0.3, 0.4) is 0 Å². The van der Waals surface area contributed by atoms with Crippen LogP contribution in [0.25, 0.3) is 0 Å². The van der Waals surface area contributed by atoms with Crippen molar-refractivity contribution in [1.82, 2.24) is 0 Å². The van der Waals surface area contributed by atoms with Crippen LogP contribution in [-0.2, 0) is 14.3 Å². The first-order valence-corrected chi connectivity index (χ1v) is 6.74. The van der Waals surface area contributed by atoms with Gasteiger partial charge in [-0.25, -0.2) is 4.79 Å². The molecule has 96 valence electrons. The van der Waals surface area contributed by atoms with Gasteiger partial charge < -0.3 is 9.47 Å². The van der Waals surface area contributed by atoms with Crippen LogP contribution in [0, 0.1) is 0 Å². The number of allylic oxidation sites excluding steroid dienone is 1. The number of hydrogen-bond acceptors (Lipinski definition) is 3. The molecule has 0 aromatic carbocycles. The van der Waals surface area contributed by atoms with Crippen molar-refractivity contribution in [3.8, 4) is 0 Å². The summed E-state index contributed by atoms with van der Waals surface area (Å²) >= 11 is 0. The first kappa shape index (κ1) is 12.6. The molecule has 1 aliphatic carbocycles. The Labute approximate surface area is 103 Å². The highest BCUT2D eigenvalue weighted by Gasteiger charge is 2.45. The Balaban J connectivity index is 1.73. The summed E-state index contributed by atoms with van der Waals surface area (Å²) in [6.07, 6.45) is 9.03. The molecule has 3 heteroatoms. The fourth-order valence-corrected chi connectivity index (χ4v) is 2.32. The van der Waals surface area contributed by atoms with E-state index in [0.29, 0.717) is 12.2 Å². The predicted molar refractivity (Wildman–Crippen MR) is 65.7 cm³/mol. The van der Waals surface area contributed by atoms with E-state index >= 15 is 0 Å². The third kappa shape index (κ3) is 3.56. The van der Waals surface area contributed by atoms with E-state index in [1.54, 1.807) is 0 Å². The standard InChI is InChI=1S/C14H22O3/c1-3-4-5-6-10(2)14(15)16-11-7-8-12-13(9-11)17-12/h6,11-13H,3-5,7-9H2,1-2H3. The Kier molecular flexibility index (Phi) is 4.21. The Morgan fingerprint density at radius 3 is 2.94 bits per heavy atom. The van der Waals surface area contributed by atoms with Gasteiger partial charge in [-0.05, 0) is 26.2 Å². The van der Waals surface area contributed by atoms with Gasteiger partial charge >= 0.3 is 5.97 Å².